The van der Waals surface area contributed by atoms with Crippen molar-refractivity contribution in [2.24, 2.45) is 11.8 Å². The zero-order chi connectivity index (χ0) is 8.77. The first-order valence-electron chi connectivity index (χ1n) is 4.75. The van der Waals surface area contributed by atoms with Crippen molar-refractivity contribution in [2.75, 3.05) is 0 Å². The first-order valence-corrected chi connectivity index (χ1v) is 4.75. The van der Waals surface area contributed by atoms with Crippen LogP contribution in [0.15, 0.2) is 0 Å². The highest BCUT2D eigenvalue weighted by Crippen LogP contribution is 2.50. The molecule has 66 valence electrons. The molecule has 0 aromatic carbocycles. The van der Waals surface area contributed by atoms with Crippen molar-refractivity contribution in [1.29, 1.82) is 5.26 Å². The van der Waals surface area contributed by atoms with Gasteiger partial charge in [-0.2, -0.15) is 5.26 Å². The largest absolute Gasteiger partial charge is 0.350 e. The lowest BCUT2D eigenvalue weighted by Gasteiger charge is -2.29. The highest BCUT2D eigenvalue weighted by Gasteiger charge is 2.58. The van der Waals surface area contributed by atoms with E-state index in [-0.39, 0.29) is 11.7 Å². The van der Waals surface area contributed by atoms with E-state index in [1.165, 1.54) is 6.42 Å². The summed E-state index contributed by atoms with van der Waals surface area (Å²) in [4.78, 5) is 0. The monoisotopic (exact) mass is 165 g/mol. The van der Waals surface area contributed by atoms with Crippen LogP contribution in [0.1, 0.15) is 33.1 Å². The molecule has 1 saturated carbocycles. The minimum absolute atomic E-state index is 0.0132. The van der Waals surface area contributed by atoms with Crippen molar-refractivity contribution in [2.45, 2.75) is 44.8 Å². The van der Waals surface area contributed by atoms with Crippen LogP contribution < -0.4 is 0 Å². The van der Waals surface area contributed by atoms with Gasteiger partial charge in [-0.1, -0.05) is 13.8 Å². The average Bonchev–Trinajstić information content (AvgIpc) is 2.73. The molecule has 4 unspecified atom stereocenters. The Morgan fingerprint density at radius 2 is 2.17 bits per heavy atom. The average molecular weight is 165 g/mol. The fraction of sp³-hybridized carbons (Fsp3) is 0.900. The fourth-order valence-electron chi connectivity index (χ4n) is 2.29. The molecule has 1 heterocycles. The first kappa shape index (κ1) is 8.07. The van der Waals surface area contributed by atoms with Crippen molar-refractivity contribution in [3.63, 3.8) is 0 Å². The second-order valence-electron chi connectivity index (χ2n) is 4.39. The molecule has 12 heavy (non-hydrogen) atoms. The summed E-state index contributed by atoms with van der Waals surface area (Å²) in [6.07, 6.45) is 3.31. The van der Waals surface area contributed by atoms with Crippen LogP contribution in [0, 0.1) is 23.2 Å². The van der Waals surface area contributed by atoms with Gasteiger partial charge >= 0.3 is 0 Å². The molecule has 2 fully saturated rings. The molecule has 1 saturated heterocycles. The lowest BCUT2D eigenvalue weighted by molar-refractivity contribution is 0.155. The molecule has 1 spiro atoms. The van der Waals surface area contributed by atoms with E-state index in [9.17, 15) is 0 Å². The predicted molar refractivity (Wildman–Crippen MR) is 45.4 cm³/mol. The van der Waals surface area contributed by atoms with Gasteiger partial charge in [-0.05, 0) is 31.1 Å². The number of ether oxygens (including phenoxy) is 1. The Hall–Kier alpha value is -0.550. The summed E-state index contributed by atoms with van der Waals surface area (Å²) >= 11 is 0. The van der Waals surface area contributed by atoms with E-state index in [2.05, 4.69) is 19.9 Å². The Morgan fingerprint density at radius 3 is 2.67 bits per heavy atom. The third-order valence-corrected chi connectivity index (χ3v) is 3.55. The maximum atomic E-state index is 8.70. The molecule has 2 nitrogen and oxygen atoms in total. The Kier molecular flexibility index (Phi) is 1.66. The molecule has 0 amide bonds. The van der Waals surface area contributed by atoms with Crippen LogP contribution in [0.3, 0.4) is 0 Å². The zero-order valence-corrected chi connectivity index (χ0v) is 7.71. The number of nitriles is 1. The van der Waals surface area contributed by atoms with Gasteiger partial charge in [0.05, 0.1) is 6.07 Å². The smallest absolute Gasteiger partial charge is 0.173 e. The van der Waals surface area contributed by atoms with Gasteiger partial charge in [-0.3, -0.25) is 0 Å². The predicted octanol–water partition coefficient (Wildman–Crippen LogP) is 2.10. The number of hydrogen-bond donors (Lipinski definition) is 0. The minimum atomic E-state index is -0.0903. The zero-order valence-electron chi connectivity index (χ0n) is 7.71. The summed E-state index contributed by atoms with van der Waals surface area (Å²) in [5.41, 5.74) is -0.0132. The molecule has 1 aliphatic carbocycles. The Bertz CT molecular complexity index is 232. The maximum Gasteiger partial charge on any atom is 0.173 e. The molecule has 2 heteroatoms. The van der Waals surface area contributed by atoms with E-state index < -0.39 is 0 Å². The molecule has 0 aromatic heterocycles. The van der Waals surface area contributed by atoms with E-state index in [1.54, 1.807) is 0 Å². The molecule has 0 bridgehead atoms. The second kappa shape index (κ2) is 2.47. The van der Waals surface area contributed by atoms with Gasteiger partial charge in [0.2, 0.25) is 0 Å². The van der Waals surface area contributed by atoms with Gasteiger partial charge in [-0.15, -0.1) is 0 Å². The maximum absolute atomic E-state index is 8.70. The van der Waals surface area contributed by atoms with Gasteiger partial charge in [0.25, 0.3) is 0 Å². The van der Waals surface area contributed by atoms with E-state index in [1.807, 2.05) is 0 Å². The molecule has 2 rings (SSSR count). The SMILES string of the molecule is CC1CCC2(CC1C)OC2C#N. The normalized spacial score (nSPS) is 51.9. The molecule has 0 N–H and O–H groups in total. The third kappa shape index (κ3) is 1.04. The molecule has 2 aliphatic rings. The molecular weight excluding hydrogens is 150 g/mol. The molecule has 0 radical (unpaired) electrons. The second-order valence-corrected chi connectivity index (χ2v) is 4.39. The fourth-order valence-corrected chi connectivity index (χ4v) is 2.29. The van der Waals surface area contributed by atoms with Crippen LogP contribution in [0.5, 0.6) is 0 Å². The highest BCUT2D eigenvalue weighted by molar-refractivity contribution is 5.15. The Balaban J connectivity index is 2.01. The number of hydrogen-bond acceptors (Lipinski definition) is 2. The van der Waals surface area contributed by atoms with Crippen molar-refractivity contribution in [3.8, 4) is 6.07 Å². The van der Waals surface area contributed by atoms with E-state index >= 15 is 0 Å². The van der Waals surface area contributed by atoms with Crippen LogP contribution in [0.4, 0.5) is 0 Å². The van der Waals surface area contributed by atoms with Gasteiger partial charge < -0.3 is 4.74 Å². The van der Waals surface area contributed by atoms with E-state index in [0.29, 0.717) is 0 Å². The summed E-state index contributed by atoms with van der Waals surface area (Å²) in [6, 6.07) is 2.21. The number of epoxide rings is 1. The Morgan fingerprint density at radius 1 is 1.42 bits per heavy atom. The highest BCUT2D eigenvalue weighted by atomic mass is 16.6. The van der Waals surface area contributed by atoms with E-state index in [0.717, 1.165) is 24.7 Å². The minimum Gasteiger partial charge on any atom is -0.350 e. The lowest BCUT2D eigenvalue weighted by Crippen LogP contribution is -2.28. The van der Waals surface area contributed by atoms with Crippen molar-refractivity contribution < 1.29 is 4.74 Å². The summed E-state index contributed by atoms with van der Waals surface area (Å²) < 4.78 is 5.45. The van der Waals surface area contributed by atoms with Crippen molar-refractivity contribution in [1.82, 2.24) is 0 Å². The number of nitrogens with zero attached hydrogens (tertiary/aromatic N) is 1. The number of rotatable bonds is 0. The van der Waals surface area contributed by atoms with Gasteiger partial charge in [0.1, 0.15) is 5.60 Å². The summed E-state index contributed by atoms with van der Waals surface area (Å²) in [5, 5.41) is 8.70. The van der Waals surface area contributed by atoms with Gasteiger partial charge in [0, 0.05) is 0 Å². The summed E-state index contributed by atoms with van der Waals surface area (Å²) in [6.45, 7) is 4.56. The third-order valence-electron chi connectivity index (χ3n) is 3.55. The van der Waals surface area contributed by atoms with Crippen molar-refractivity contribution >= 4 is 0 Å². The van der Waals surface area contributed by atoms with Crippen LogP contribution in [-0.4, -0.2) is 11.7 Å². The molecule has 0 aromatic rings. The lowest BCUT2D eigenvalue weighted by atomic mass is 9.74. The van der Waals surface area contributed by atoms with Crippen LogP contribution in [0.25, 0.3) is 0 Å². The van der Waals surface area contributed by atoms with Gasteiger partial charge in [-0.25, -0.2) is 0 Å². The summed E-state index contributed by atoms with van der Waals surface area (Å²) in [5.74, 6) is 1.52. The van der Waals surface area contributed by atoms with Crippen LogP contribution in [-0.2, 0) is 4.74 Å². The molecule has 1 aliphatic heterocycles. The summed E-state index contributed by atoms with van der Waals surface area (Å²) in [7, 11) is 0. The Labute approximate surface area is 73.5 Å². The van der Waals surface area contributed by atoms with Crippen LogP contribution >= 0.6 is 0 Å². The molecule has 4 atom stereocenters. The van der Waals surface area contributed by atoms with E-state index in [4.69, 9.17) is 10.00 Å². The standard InChI is InChI=1S/C10H15NO/c1-7-3-4-10(5-8(7)2)9(6-11)12-10/h7-9H,3-5H2,1-2H3. The first-order chi connectivity index (χ1) is 5.68. The quantitative estimate of drug-likeness (QED) is 0.515. The van der Waals surface area contributed by atoms with Crippen molar-refractivity contribution in [3.05, 3.63) is 0 Å². The van der Waals surface area contributed by atoms with Crippen LogP contribution in [0.2, 0.25) is 0 Å². The molecular formula is C10H15NO. The van der Waals surface area contributed by atoms with Gasteiger partial charge in [0.15, 0.2) is 6.10 Å². The topological polar surface area (TPSA) is 36.3 Å².